The third-order valence-electron chi connectivity index (χ3n) is 4.05. The molecule has 1 aliphatic heterocycles. The van der Waals surface area contributed by atoms with Crippen molar-refractivity contribution >= 4 is 24.0 Å². The third kappa shape index (κ3) is 5.37. The minimum absolute atomic E-state index is 0. The number of hydrogen-bond donors (Lipinski definition) is 2. The Hall–Kier alpha value is -1.85. The fourth-order valence-corrected chi connectivity index (χ4v) is 2.80. The second-order valence-electron chi connectivity index (χ2n) is 5.86. The summed E-state index contributed by atoms with van der Waals surface area (Å²) in [6.45, 7) is 2.84. The first kappa shape index (κ1) is 17.5. The molecule has 0 spiro atoms. The first-order valence-corrected chi connectivity index (χ1v) is 7.86. The van der Waals surface area contributed by atoms with E-state index in [2.05, 4.69) is 27.9 Å². The van der Waals surface area contributed by atoms with Gasteiger partial charge in [0.1, 0.15) is 0 Å². The highest BCUT2D eigenvalue weighted by Gasteiger charge is 2.15. The molecule has 0 saturated carbocycles. The van der Waals surface area contributed by atoms with Crippen molar-refractivity contribution in [3.05, 3.63) is 48.3 Å². The number of halogens is 1. The Balaban J connectivity index is 0.00000192. The molecule has 3 rings (SSSR count). The number of anilines is 1. The van der Waals surface area contributed by atoms with Crippen molar-refractivity contribution in [3.8, 4) is 0 Å². The van der Waals surface area contributed by atoms with Gasteiger partial charge in [0, 0.05) is 12.6 Å². The molecule has 1 saturated heterocycles. The summed E-state index contributed by atoms with van der Waals surface area (Å²) in [6.07, 6.45) is 6.30. The standard InChI is InChI=1S/C17H22N4O.ClH/c22-17(7-6-14-8-9-18-10-14)20-16-11-19-21(13-16)12-15-4-2-1-3-5-15;/h1-5,11,13-14,18H,6-10,12H2,(H,20,22);1H. The fourth-order valence-electron chi connectivity index (χ4n) is 2.80. The number of carbonyl (C=O) groups is 1. The molecule has 5 nitrogen and oxygen atoms in total. The average molecular weight is 335 g/mol. The summed E-state index contributed by atoms with van der Waals surface area (Å²) < 4.78 is 1.84. The van der Waals surface area contributed by atoms with E-state index in [0.29, 0.717) is 18.9 Å². The van der Waals surface area contributed by atoms with E-state index in [0.717, 1.165) is 25.2 Å². The Morgan fingerprint density at radius 3 is 2.91 bits per heavy atom. The number of carbonyl (C=O) groups excluding carboxylic acids is 1. The van der Waals surface area contributed by atoms with Crippen LogP contribution in [0.25, 0.3) is 0 Å². The molecule has 124 valence electrons. The molecule has 1 unspecified atom stereocenters. The topological polar surface area (TPSA) is 59.0 Å². The van der Waals surface area contributed by atoms with Gasteiger partial charge in [-0.25, -0.2) is 0 Å². The van der Waals surface area contributed by atoms with Crippen LogP contribution in [0.3, 0.4) is 0 Å². The maximum Gasteiger partial charge on any atom is 0.224 e. The number of amides is 1. The number of rotatable bonds is 6. The van der Waals surface area contributed by atoms with Crippen LogP contribution in [-0.4, -0.2) is 28.8 Å². The molecule has 2 aromatic rings. The van der Waals surface area contributed by atoms with Gasteiger partial charge in [0.05, 0.1) is 18.4 Å². The number of benzene rings is 1. The summed E-state index contributed by atoms with van der Waals surface area (Å²) in [4.78, 5) is 12.0. The molecule has 6 heteroatoms. The van der Waals surface area contributed by atoms with Crippen LogP contribution in [0.2, 0.25) is 0 Å². The first-order valence-electron chi connectivity index (χ1n) is 7.86. The summed E-state index contributed by atoms with van der Waals surface area (Å²) >= 11 is 0. The van der Waals surface area contributed by atoms with E-state index in [1.165, 1.54) is 12.0 Å². The molecular weight excluding hydrogens is 312 g/mol. The van der Waals surface area contributed by atoms with Crippen molar-refractivity contribution in [2.24, 2.45) is 5.92 Å². The molecule has 1 aliphatic rings. The second-order valence-corrected chi connectivity index (χ2v) is 5.86. The largest absolute Gasteiger partial charge is 0.323 e. The minimum Gasteiger partial charge on any atom is -0.323 e. The third-order valence-corrected chi connectivity index (χ3v) is 4.05. The van der Waals surface area contributed by atoms with Crippen molar-refractivity contribution in [3.63, 3.8) is 0 Å². The van der Waals surface area contributed by atoms with Gasteiger partial charge in [-0.1, -0.05) is 30.3 Å². The van der Waals surface area contributed by atoms with E-state index in [1.807, 2.05) is 29.1 Å². The van der Waals surface area contributed by atoms with Gasteiger partial charge in [0.15, 0.2) is 0 Å². The first-order chi connectivity index (χ1) is 10.8. The lowest BCUT2D eigenvalue weighted by Crippen LogP contribution is -2.14. The van der Waals surface area contributed by atoms with Crippen LogP contribution >= 0.6 is 12.4 Å². The molecule has 0 radical (unpaired) electrons. The van der Waals surface area contributed by atoms with Crippen LogP contribution in [0.15, 0.2) is 42.7 Å². The second kappa shape index (κ2) is 8.70. The van der Waals surface area contributed by atoms with E-state index in [-0.39, 0.29) is 18.3 Å². The Morgan fingerprint density at radius 2 is 2.17 bits per heavy atom. The predicted octanol–water partition coefficient (Wildman–Crippen LogP) is 2.68. The molecular formula is C17H23ClN4O. The molecule has 1 fully saturated rings. The van der Waals surface area contributed by atoms with E-state index < -0.39 is 0 Å². The van der Waals surface area contributed by atoms with Gasteiger partial charge in [-0.05, 0) is 37.4 Å². The van der Waals surface area contributed by atoms with Crippen LogP contribution in [0, 0.1) is 5.92 Å². The summed E-state index contributed by atoms with van der Waals surface area (Å²) in [5.41, 5.74) is 1.96. The fraction of sp³-hybridized carbons (Fsp3) is 0.412. The van der Waals surface area contributed by atoms with Gasteiger partial charge in [-0.2, -0.15) is 5.10 Å². The highest BCUT2D eigenvalue weighted by Crippen LogP contribution is 2.15. The average Bonchev–Trinajstić information content (AvgIpc) is 3.18. The number of hydrogen-bond acceptors (Lipinski definition) is 3. The summed E-state index contributed by atoms with van der Waals surface area (Å²) in [6, 6.07) is 10.2. The Kier molecular flexibility index (Phi) is 6.62. The summed E-state index contributed by atoms with van der Waals surface area (Å²) in [7, 11) is 0. The zero-order valence-electron chi connectivity index (χ0n) is 13.1. The lowest BCUT2D eigenvalue weighted by molar-refractivity contribution is -0.116. The number of nitrogens with zero attached hydrogens (tertiary/aromatic N) is 2. The molecule has 1 amide bonds. The Morgan fingerprint density at radius 1 is 1.35 bits per heavy atom. The molecule has 0 aliphatic carbocycles. The molecule has 2 N–H and O–H groups in total. The Bertz CT molecular complexity index is 608. The molecule has 2 heterocycles. The minimum atomic E-state index is 0. The zero-order chi connectivity index (χ0) is 15.2. The smallest absolute Gasteiger partial charge is 0.224 e. The predicted molar refractivity (Wildman–Crippen MR) is 93.9 cm³/mol. The van der Waals surface area contributed by atoms with Crippen molar-refractivity contribution < 1.29 is 4.79 Å². The molecule has 1 aromatic carbocycles. The van der Waals surface area contributed by atoms with Crippen molar-refractivity contribution in [1.29, 1.82) is 0 Å². The van der Waals surface area contributed by atoms with Crippen LogP contribution in [0.1, 0.15) is 24.8 Å². The van der Waals surface area contributed by atoms with Gasteiger partial charge in [-0.3, -0.25) is 9.48 Å². The normalized spacial score (nSPS) is 16.8. The zero-order valence-corrected chi connectivity index (χ0v) is 13.9. The van der Waals surface area contributed by atoms with Crippen molar-refractivity contribution in [1.82, 2.24) is 15.1 Å². The molecule has 1 aromatic heterocycles. The van der Waals surface area contributed by atoms with Gasteiger partial charge < -0.3 is 10.6 Å². The molecule has 1 atom stereocenters. The lowest BCUT2D eigenvalue weighted by Gasteiger charge is -2.07. The summed E-state index contributed by atoms with van der Waals surface area (Å²) in [5, 5.41) is 10.6. The van der Waals surface area contributed by atoms with E-state index >= 15 is 0 Å². The quantitative estimate of drug-likeness (QED) is 0.854. The van der Waals surface area contributed by atoms with Crippen LogP contribution < -0.4 is 10.6 Å². The van der Waals surface area contributed by atoms with E-state index in [1.54, 1.807) is 6.20 Å². The SMILES string of the molecule is Cl.O=C(CCC1CCNC1)Nc1cnn(Cc2ccccc2)c1. The van der Waals surface area contributed by atoms with Crippen LogP contribution in [0.4, 0.5) is 5.69 Å². The van der Waals surface area contributed by atoms with Gasteiger partial charge in [0.2, 0.25) is 5.91 Å². The maximum absolute atomic E-state index is 12.0. The highest BCUT2D eigenvalue weighted by molar-refractivity contribution is 5.90. The highest BCUT2D eigenvalue weighted by atomic mass is 35.5. The number of aromatic nitrogens is 2. The maximum atomic E-state index is 12.0. The molecule has 23 heavy (non-hydrogen) atoms. The summed E-state index contributed by atoms with van der Waals surface area (Å²) in [5.74, 6) is 0.720. The van der Waals surface area contributed by atoms with Gasteiger partial charge >= 0.3 is 0 Å². The number of nitrogens with one attached hydrogen (secondary N) is 2. The van der Waals surface area contributed by atoms with Crippen LogP contribution in [0.5, 0.6) is 0 Å². The van der Waals surface area contributed by atoms with Crippen molar-refractivity contribution in [2.45, 2.75) is 25.8 Å². The monoisotopic (exact) mass is 334 g/mol. The molecule has 0 bridgehead atoms. The lowest BCUT2D eigenvalue weighted by atomic mass is 10.0. The Labute approximate surface area is 142 Å². The van der Waals surface area contributed by atoms with Crippen LogP contribution in [-0.2, 0) is 11.3 Å². The van der Waals surface area contributed by atoms with E-state index in [4.69, 9.17) is 0 Å². The van der Waals surface area contributed by atoms with Crippen molar-refractivity contribution in [2.75, 3.05) is 18.4 Å². The van der Waals surface area contributed by atoms with E-state index in [9.17, 15) is 4.79 Å². The van der Waals surface area contributed by atoms with Gasteiger partial charge in [-0.15, -0.1) is 12.4 Å². The van der Waals surface area contributed by atoms with Gasteiger partial charge in [0.25, 0.3) is 0 Å².